The maximum atomic E-state index is 11.5. The van der Waals surface area contributed by atoms with Gasteiger partial charge >= 0.3 is 5.97 Å². The fourth-order valence-corrected chi connectivity index (χ4v) is 2.17. The Morgan fingerprint density at radius 2 is 1.38 bits per heavy atom. The molecule has 5 heteroatoms. The van der Waals surface area contributed by atoms with Gasteiger partial charge in [0.25, 0.3) is 0 Å². The third-order valence-electron chi connectivity index (χ3n) is 3.56. The molecule has 0 amide bonds. The first-order valence-electron chi connectivity index (χ1n) is 9.55. The second-order valence-corrected chi connectivity index (χ2v) is 6.34. The van der Waals surface area contributed by atoms with Gasteiger partial charge in [0.15, 0.2) is 0 Å². The molecule has 0 aliphatic rings. The molecule has 0 fully saturated rings. The van der Waals surface area contributed by atoms with E-state index in [1.165, 1.54) is 19.3 Å². The Hall–Kier alpha value is -0.650. The Kier molecular flexibility index (Phi) is 18.2. The molecule has 144 valence electrons. The molecule has 0 aromatic carbocycles. The zero-order chi connectivity index (χ0) is 17.9. The zero-order valence-corrected chi connectivity index (χ0v) is 16.0. The van der Waals surface area contributed by atoms with Crippen LogP contribution >= 0.6 is 0 Å². The predicted molar refractivity (Wildman–Crippen MR) is 96.2 cm³/mol. The first kappa shape index (κ1) is 23.4. The topological polar surface area (TPSA) is 54.0 Å². The molecular weight excluding hydrogens is 308 g/mol. The van der Waals surface area contributed by atoms with Crippen molar-refractivity contribution in [2.24, 2.45) is 5.92 Å². The summed E-state index contributed by atoms with van der Waals surface area (Å²) in [4.78, 5) is 11.5. The van der Waals surface area contributed by atoms with Gasteiger partial charge in [0, 0.05) is 19.6 Å². The predicted octanol–water partition coefficient (Wildman–Crippen LogP) is 3.99. The van der Waals surface area contributed by atoms with Crippen molar-refractivity contribution in [1.82, 2.24) is 0 Å². The molecule has 0 aromatic rings. The number of esters is 1. The van der Waals surface area contributed by atoms with Crippen molar-refractivity contribution in [3.8, 4) is 0 Å². The lowest BCUT2D eigenvalue weighted by Crippen LogP contribution is -2.11. The molecule has 0 atom stereocenters. The number of rotatable bonds is 18. The summed E-state index contributed by atoms with van der Waals surface area (Å²) in [5.41, 5.74) is 0. The van der Waals surface area contributed by atoms with Crippen molar-refractivity contribution in [3.63, 3.8) is 0 Å². The molecule has 0 aromatic heterocycles. The molecule has 24 heavy (non-hydrogen) atoms. The summed E-state index contributed by atoms with van der Waals surface area (Å²) in [5.74, 6) is 0.667. The van der Waals surface area contributed by atoms with Crippen molar-refractivity contribution in [2.45, 2.75) is 65.7 Å². The molecule has 0 spiro atoms. The van der Waals surface area contributed by atoms with Gasteiger partial charge in [0.05, 0.1) is 33.0 Å². The summed E-state index contributed by atoms with van der Waals surface area (Å²) in [5, 5.41) is 0. The smallest absolute Gasteiger partial charge is 0.305 e. The number of carbonyl (C=O) groups excluding carboxylic acids is 1. The molecule has 0 unspecified atom stereocenters. The van der Waals surface area contributed by atoms with Gasteiger partial charge in [-0.05, 0) is 25.7 Å². The normalized spacial score (nSPS) is 11.2. The van der Waals surface area contributed by atoms with Crippen LogP contribution in [-0.2, 0) is 23.7 Å². The van der Waals surface area contributed by atoms with Crippen molar-refractivity contribution in [1.29, 1.82) is 0 Å². The third kappa shape index (κ3) is 19.4. The number of ether oxygens (including phenoxy) is 4. The highest BCUT2D eigenvalue weighted by atomic mass is 16.5. The summed E-state index contributed by atoms with van der Waals surface area (Å²) in [6.07, 6.45) is 7.04. The highest BCUT2D eigenvalue weighted by molar-refractivity contribution is 5.69. The zero-order valence-electron chi connectivity index (χ0n) is 16.0. The largest absolute Gasteiger partial charge is 0.466 e. The van der Waals surface area contributed by atoms with E-state index >= 15 is 0 Å². The average Bonchev–Trinajstić information content (AvgIpc) is 2.55. The standard InChI is InChI=1S/C19H38O5/c1-4-21-14-15-23-17-16-22-12-9-11-19(20)24-13-8-6-5-7-10-18(2)3/h18H,4-17H2,1-3H3. The Bertz CT molecular complexity index is 268. The van der Waals surface area contributed by atoms with Crippen LogP contribution in [0.15, 0.2) is 0 Å². The van der Waals surface area contributed by atoms with Crippen LogP contribution in [-0.4, -0.2) is 52.2 Å². The lowest BCUT2D eigenvalue weighted by Gasteiger charge is -2.07. The monoisotopic (exact) mass is 346 g/mol. The summed E-state index contributed by atoms with van der Waals surface area (Å²) in [6, 6.07) is 0. The van der Waals surface area contributed by atoms with Crippen molar-refractivity contribution >= 4 is 5.97 Å². The molecule has 0 bridgehead atoms. The van der Waals surface area contributed by atoms with E-state index in [1.54, 1.807) is 0 Å². The molecular formula is C19H38O5. The van der Waals surface area contributed by atoms with E-state index < -0.39 is 0 Å². The second kappa shape index (κ2) is 18.7. The van der Waals surface area contributed by atoms with E-state index in [9.17, 15) is 4.79 Å². The molecule has 5 nitrogen and oxygen atoms in total. The van der Waals surface area contributed by atoms with Gasteiger partial charge in [-0.25, -0.2) is 0 Å². The summed E-state index contributed by atoms with van der Waals surface area (Å²) in [7, 11) is 0. The van der Waals surface area contributed by atoms with Gasteiger partial charge in [-0.1, -0.05) is 39.5 Å². The molecule has 0 aliphatic heterocycles. The fourth-order valence-electron chi connectivity index (χ4n) is 2.17. The van der Waals surface area contributed by atoms with Gasteiger partial charge in [-0.2, -0.15) is 0 Å². The van der Waals surface area contributed by atoms with E-state index in [1.807, 2.05) is 6.92 Å². The Morgan fingerprint density at radius 3 is 2.04 bits per heavy atom. The lowest BCUT2D eigenvalue weighted by molar-refractivity contribution is -0.144. The van der Waals surface area contributed by atoms with Gasteiger partial charge in [0.2, 0.25) is 0 Å². The van der Waals surface area contributed by atoms with Crippen molar-refractivity contribution in [2.75, 3.05) is 46.2 Å². The van der Waals surface area contributed by atoms with Gasteiger partial charge in [-0.3, -0.25) is 4.79 Å². The van der Waals surface area contributed by atoms with Crippen LogP contribution in [0.2, 0.25) is 0 Å². The SMILES string of the molecule is CCOCCOCCOCCCC(=O)OCCCCCCC(C)C. The molecule has 0 rings (SSSR count). The van der Waals surface area contributed by atoms with Crippen LogP contribution in [0.25, 0.3) is 0 Å². The van der Waals surface area contributed by atoms with E-state index in [-0.39, 0.29) is 5.97 Å². The van der Waals surface area contributed by atoms with E-state index in [4.69, 9.17) is 18.9 Å². The molecule has 0 N–H and O–H groups in total. The van der Waals surface area contributed by atoms with E-state index in [0.29, 0.717) is 59.1 Å². The number of carbonyl (C=O) groups is 1. The highest BCUT2D eigenvalue weighted by Crippen LogP contribution is 2.09. The van der Waals surface area contributed by atoms with E-state index in [0.717, 1.165) is 18.8 Å². The van der Waals surface area contributed by atoms with Crippen LogP contribution in [0.4, 0.5) is 0 Å². The van der Waals surface area contributed by atoms with Crippen LogP contribution in [0.1, 0.15) is 65.7 Å². The number of unbranched alkanes of at least 4 members (excludes halogenated alkanes) is 3. The summed E-state index contributed by atoms with van der Waals surface area (Å²) < 4.78 is 21.1. The van der Waals surface area contributed by atoms with Crippen molar-refractivity contribution in [3.05, 3.63) is 0 Å². The first-order valence-corrected chi connectivity index (χ1v) is 9.55. The summed E-state index contributed by atoms with van der Waals surface area (Å²) >= 11 is 0. The average molecular weight is 347 g/mol. The molecule has 0 heterocycles. The Morgan fingerprint density at radius 1 is 0.750 bits per heavy atom. The maximum absolute atomic E-state index is 11.5. The Labute approximate surface area is 148 Å². The van der Waals surface area contributed by atoms with Crippen LogP contribution in [0, 0.1) is 5.92 Å². The minimum atomic E-state index is -0.117. The molecule has 0 radical (unpaired) electrons. The fraction of sp³-hybridized carbons (Fsp3) is 0.947. The summed E-state index contributed by atoms with van der Waals surface area (Å²) in [6.45, 7) is 10.6. The Balaban J connectivity index is 3.16. The minimum Gasteiger partial charge on any atom is -0.466 e. The molecule has 0 aliphatic carbocycles. The molecule has 0 saturated heterocycles. The highest BCUT2D eigenvalue weighted by Gasteiger charge is 2.02. The number of hydrogen-bond acceptors (Lipinski definition) is 5. The lowest BCUT2D eigenvalue weighted by atomic mass is 10.0. The second-order valence-electron chi connectivity index (χ2n) is 6.34. The van der Waals surface area contributed by atoms with Crippen LogP contribution < -0.4 is 0 Å². The minimum absolute atomic E-state index is 0.117. The number of hydrogen-bond donors (Lipinski definition) is 0. The van der Waals surface area contributed by atoms with Crippen molar-refractivity contribution < 1.29 is 23.7 Å². The quantitative estimate of drug-likeness (QED) is 0.277. The van der Waals surface area contributed by atoms with Crippen LogP contribution in [0.3, 0.4) is 0 Å². The van der Waals surface area contributed by atoms with Gasteiger partial charge < -0.3 is 18.9 Å². The first-order chi connectivity index (χ1) is 11.7. The van der Waals surface area contributed by atoms with E-state index in [2.05, 4.69) is 13.8 Å². The molecule has 0 saturated carbocycles. The van der Waals surface area contributed by atoms with Crippen LogP contribution in [0.5, 0.6) is 0 Å². The van der Waals surface area contributed by atoms with Gasteiger partial charge in [0.1, 0.15) is 0 Å². The van der Waals surface area contributed by atoms with Gasteiger partial charge in [-0.15, -0.1) is 0 Å². The third-order valence-corrected chi connectivity index (χ3v) is 3.56. The maximum Gasteiger partial charge on any atom is 0.305 e.